The fourth-order valence-corrected chi connectivity index (χ4v) is 0. The van der Waals surface area contributed by atoms with Crippen LogP contribution in [0.4, 0.5) is 0 Å². The molecule has 0 aromatic heterocycles. The second-order valence-corrected chi connectivity index (χ2v) is 5.37. The molecule has 0 fully saturated rings. The molecule has 0 amide bonds. The van der Waals surface area contributed by atoms with Gasteiger partial charge < -0.3 is 4.15 Å². The SMILES string of the molecule is C[N+](C)(C)[SiH3]. The van der Waals surface area contributed by atoms with Gasteiger partial charge in [-0.05, 0) is 0 Å². The van der Waals surface area contributed by atoms with E-state index in [2.05, 4.69) is 21.1 Å². The molecule has 0 aromatic carbocycles. The summed E-state index contributed by atoms with van der Waals surface area (Å²) in [7, 11) is 7.81. The van der Waals surface area contributed by atoms with E-state index >= 15 is 0 Å². The average molecular weight is 90.2 g/mol. The van der Waals surface area contributed by atoms with E-state index in [1.165, 1.54) is 10.4 Å². The lowest BCUT2D eigenvalue weighted by molar-refractivity contribution is -0.749. The normalized spacial score (nSPS) is 12.6. The van der Waals surface area contributed by atoms with E-state index in [1.54, 1.807) is 0 Å². The summed E-state index contributed by atoms with van der Waals surface area (Å²) in [6.07, 6.45) is 0. The first-order valence-electron chi connectivity index (χ1n) is 1.79. The van der Waals surface area contributed by atoms with Gasteiger partial charge in [0.25, 0.3) is 0 Å². The topological polar surface area (TPSA) is 0 Å². The Morgan fingerprint density at radius 2 is 1.20 bits per heavy atom. The van der Waals surface area contributed by atoms with Crippen LogP contribution in [0.15, 0.2) is 0 Å². The lowest BCUT2D eigenvalue weighted by Gasteiger charge is -2.17. The molecule has 32 valence electrons. The third kappa shape index (κ3) is 633. The van der Waals surface area contributed by atoms with Crippen molar-refractivity contribution < 1.29 is 4.15 Å². The number of hydrogen-bond donors (Lipinski definition) is 0. The molecule has 0 radical (unpaired) electrons. The number of rotatable bonds is 0. The molecule has 0 aliphatic carbocycles. The zero-order valence-electron chi connectivity index (χ0n) is 4.45. The summed E-state index contributed by atoms with van der Waals surface area (Å²) < 4.78 is 1.14. The van der Waals surface area contributed by atoms with Crippen molar-refractivity contribution in [3.05, 3.63) is 0 Å². The second kappa shape index (κ2) is 1.10. The van der Waals surface area contributed by atoms with Gasteiger partial charge in [-0.25, -0.2) is 0 Å². The van der Waals surface area contributed by atoms with E-state index < -0.39 is 0 Å². The molecule has 0 saturated carbocycles. The fraction of sp³-hybridized carbons (Fsp3) is 1.00. The maximum Gasteiger partial charge on any atom is 0.238 e. The molecule has 0 spiro atoms. The molecule has 0 bridgehead atoms. The van der Waals surface area contributed by atoms with Crippen molar-refractivity contribution >= 4 is 10.4 Å². The highest BCUT2D eigenvalue weighted by Gasteiger charge is 1.87. The zero-order chi connectivity index (χ0) is 4.50. The highest BCUT2D eigenvalue weighted by molar-refractivity contribution is 5.96. The molecule has 2 heteroatoms. The van der Waals surface area contributed by atoms with Gasteiger partial charge in [0.15, 0.2) is 0 Å². The van der Waals surface area contributed by atoms with Gasteiger partial charge in [0.2, 0.25) is 10.4 Å². The van der Waals surface area contributed by atoms with Gasteiger partial charge in [-0.3, -0.25) is 0 Å². The van der Waals surface area contributed by atoms with Crippen molar-refractivity contribution in [3.8, 4) is 0 Å². The summed E-state index contributed by atoms with van der Waals surface area (Å²) in [6, 6.07) is 0. The zero-order valence-corrected chi connectivity index (χ0v) is 6.45. The predicted molar refractivity (Wildman–Crippen MR) is 28.0 cm³/mol. The van der Waals surface area contributed by atoms with Gasteiger partial charge >= 0.3 is 0 Å². The summed E-state index contributed by atoms with van der Waals surface area (Å²) >= 11 is 0. The number of hydrogen-bond acceptors (Lipinski definition) is 0. The molecule has 0 aliphatic heterocycles. The molecule has 0 aromatic rings. The van der Waals surface area contributed by atoms with Crippen LogP contribution in [0.25, 0.3) is 0 Å². The minimum Gasteiger partial charge on any atom is -0.398 e. The summed E-state index contributed by atoms with van der Waals surface area (Å²) in [6.45, 7) is 0. The minimum absolute atomic E-state index is 1.14. The maximum atomic E-state index is 2.19. The molecule has 0 N–H and O–H groups in total. The van der Waals surface area contributed by atoms with Crippen LogP contribution in [0.1, 0.15) is 0 Å². The standard InChI is InChI=1S/C3H12NSi/c1-4(2,3)5/h1-3,5H3/q+1. The highest BCUT2D eigenvalue weighted by Crippen LogP contribution is 1.71. The lowest BCUT2D eigenvalue weighted by atomic mass is 11.0. The summed E-state index contributed by atoms with van der Waals surface area (Å²) in [5.74, 6) is 0. The lowest BCUT2D eigenvalue weighted by Crippen LogP contribution is -2.29. The van der Waals surface area contributed by atoms with Crippen molar-refractivity contribution in [2.24, 2.45) is 0 Å². The Hall–Kier alpha value is 0.177. The third-order valence-corrected chi connectivity index (χ3v) is 0. The van der Waals surface area contributed by atoms with E-state index in [9.17, 15) is 0 Å². The van der Waals surface area contributed by atoms with Crippen molar-refractivity contribution in [2.75, 3.05) is 21.1 Å². The number of quaternary nitrogens is 1. The second-order valence-electron chi connectivity index (χ2n) is 2.68. The van der Waals surface area contributed by atoms with E-state index in [0.717, 1.165) is 4.15 Å². The Morgan fingerprint density at radius 3 is 1.20 bits per heavy atom. The van der Waals surface area contributed by atoms with E-state index in [4.69, 9.17) is 0 Å². The van der Waals surface area contributed by atoms with Gasteiger partial charge in [0.05, 0.1) is 21.1 Å². The third-order valence-electron chi connectivity index (χ3n) is 0. The van der Waals surface area contributed by atoms with Crippen LogP contribution in [0.2, 0.25) is 0 Å². The summed E-state index contributed by atoms with van der Waals surface area (Å²) in [4.78, 5) is 0. The van der Waals surface area contributed by atoms with E-state index in [0.29, 0.717) is 0 Å². The van der Waals surface area contributed by atoms with Crippen LogP contribution in [0, 0.1) is 0 Å². The first-order chi connectivity index (χ1) is 2.00. The highest BCUT2D eigenvalue weighted by atomic mass is 28.2. The monoisotopic (exact) mass is 90.1 g/mol. The van der Waals surface area contributed by atoms with Crippen molar-refractivity contribution in [3.63, 3.8) is 0 Å². The van der Waals surface area contributed by atoms with Gasteiger partial charge in [-0.1, -0.05) is 0 Å². The summed E-state index contributed by atoms with van der Waals surface area (Å²) in [5.41, 5.74) is 0. The van der Waals surface area contributed by atoms with Crippen LogP contribution in [0.5, 0.6) is 0 Å². The molecule has 0 atom stereocenters. The van der Waals surface area contributed by atoms with Crippen molar-refractivity contribution in [1.29, 1.82) is 0 Å². The number of nitrogens with zero attached hydrogens (tertiary/aromatic N) is 1. The molecular weight excluding hydrogens is 78.1 g/mol. The fourth-order valence-electron chi connectivity index (χ4n) is 0. The first-order valence-corrected chi connectivity index (χ1v) is 2.68. The van der Waals surface area contributed by atoms with Crippen molar-refractivity contribution in [1.82, 2.24) is 0 Å². The van der Waals surface area contributed by atoms with Crippen LogP contribution in [-0.2, 0) is 0 Å². The van der Waals surface area contributed by atoms with Crippen LogP contribution in [0.3, 0.4) is 0 Å². The van der Waals surface area contributed by atoms with E-state index in [-0.39, 0.29) is 0 Å². The molecule has 0 unspecified atom stereocenters. The van der Waals surface area contributed by atoms with Gasteiger partial charge in [-0.15, -0.1) is 0 Å². The molecule has 0 aliphatic rings. The van der Waals surface area contributed by atoms with Gasteiger partial charge in [-0.2, -0.15) is 0 Å². The van der Waals surface area contributed by atoms with Crippen LogP contribution >= 0.6 is 0 Å². The maximum absolute atomic E-state index is 2.19. The Balaban J connectivity index is 3.02. The molecular formula is C3H12NSi+. The molecule has 0 saturated heterocycles. The predicted octanol–water partition coefficient (Wildman–Crippen LogP) is -1.03. The van der Waals surface area contributed by atoms with Crippen LogP contribution < -0.4 is 0 Å². The first kappa shape index (κ1) is 5.18. The molecule has 0 rings (SSSR count). The average Bonchev–Trinajstić information content (AvgIpc) is 0.722. The summed E-state index contributed by atoms with van der Waals surface area (Å²) in [5, 5.41) is 0. The molecule has 1 nitrogen and oxygen atoms in total. The molecule has 5 heavy (non-hydrogen) atoms. The Labute approximate surface area is 36.7 Å². The Bertz CT molecular complexity index is 22.4. The molecule has 0 heterocycles. The Kier molecular flexibility index (Phi) is 1.14. The van der Waals surface area contributed by atoms with Gasteiger partial charge in [0.1, 0.15) is 0 Å². The van der Waals surface area contributed by atoms with E-state index in [1.807, 2.05) is 0 Å². The van der Waals surface area contributed by atoms with Gasteiger partial charge in [0, 0.05) is 0 Å². The largest absolute Gasteiger partial charge is 0.398 e. The minimum atomic E-state index is 1.14. The van der Waals surface area contributed by atoms with Crippen molar-refractivity contribution in [2.45, 2.75) is 0 Å². The Morgan fingerprint density at radius 1 is 1.20 bits per heavy atom. The quantitative estimate of drug-likeness (QED) is 0.334. The smallest absolute Gasteiger partial charge is 0.238 e. The van der Waals surface area contributed by atoms with Crippen LogP contribution in [-0.4, -0.2) is 35.7 Å².